The molecule has 0 aromatic heterocycles. The van der Waals surface area contributed by atoms with Crippen molar-refractivity contribution in [3.05, 3.63) is 0 Å². The maximum Gasteiger partial charge on any atom is 0.308 e. The summed E-state index contributed by atoms with van der Waals surface area (Å²) in [4.78, 5) is 11.5. The zero-order valence-corrected chi connectivity index (χ0v) is 11.9. The second kappa shape index (κ2) is 6.53. The molecule has 0 saturated carbocycles. The first-order valence-electron chi connectivity index (χ1n) is 6.98. The van der Waals surface area contributed by atoms with Crippen LogP contribution in [0.5, 0.6) is 0 Å². The highest BCUT2D eigenvalue weighted by Crippen LogP contribution is 2.39. The van der Waals surface area contributed by atoms with E-state index in [1.807, 2.05) is 0 Å². The Kier molecular flexibility index (Phi) is 5.60. The van der Waals surface area contributed by atoms with Crippen molar-refractivity contribution in [1.29, 1.82) is 0 Å². The third kappa shape index (κ3) is 3.69. The number of carbonyl (C=O) groups is 1. The standard InChI is InChI=1S/C14H26O4/c1-5-10-8-11(12(6-2)18-10)14(4,16)9-13(15)17-7-3/h10-12,16H,5-9H2,1-4H3. The second-order valence-corrected chi connectivity index (χ2v) is 5.29. The molecule has 4 nitrogen and oxygen atoms in total. The molecular weight excluding hydrogens is 232 g/mol. The molecule has 0 radical (unpaired) electrons. The lowest BCUT2D eigenvalue weighted by atomic mass is 9.79. The highest BCUT2D eigenvalue weighted by atomic mass is 16.5. The van der Waals surface area contributed by atoms with Gasteiger partial charge in [-0.25, -0.2) is 0 Å². The summed E-state index contributed by atoms with van der Waals surface area (Å²) in [5.41, 5.74) is -1.04. The third-order valence-electron chi connectivity index (χ3n) is 3.80. The minimum atomic E-state index is -1.04. The molecule has 1 aliphatic rings. The molecule has 0 amide bonds. The van der Waals surface area contributed by atoms with E-state index in [4.69, 9.17) is 9.47 Å². The molecule has 1 saturated heterocycles. The van der Waals surface area contributed by atoms with Crippen LogP contribution in [0.1, 0.15) is 53.4 Å². The number of rotatable bonds is 6. The number of ether oxygens (including phenoxy) is 2. The van der Waals surface area contributed by atoms with Crippen LogP contribution in [0.15, 0.2) is 0 Å². The van der Waals surface area contributed by atoms with Crippen LogP contribution in [0.3, 0.4) is 0 Å². The largest absolute Gasteiger partial charge is 0.466 e. The van der Waals surface area contributed by atoms with Crippen molar-refractivity contribution in [2.75, 3.05) is 6.61 Å². The van der Waals surface area contributed by atoms with Crippen molar-refractivity contribution in [3.8, 4) is 0 Å². The first-order chi connectivity index (χ1) is 8.44. The topological polar surface area (TPSA) is 55.8 Å². The van der Waals surface area contributed by atoms with Gasteiger partial charge in [0.15, 0.2) is 0 Å². The summed E-state index contributed by atoms with van der Waals surface area (Å²) in [7, 11) is 0. The molecule has 4 atom stereocenters. The quantitative estimate of drug-likeness (QED) is 0.743. The lowest BCUT2D eigenvalue weighted by Crippen LogP contribution is -2.41. The van der Waals surface area contributed by atoms with Gasteiger partial charge in [-0.2, -0.15) is 0 Å². The SMILES string of the molecule is CCOC(=O)CC(C)(O)C1CC(CC)OC1CC. The van der Waals surface area contributed by atoms with Gasteiger partial charge >= 0.3 is 5.97 Å². The van der Waals surface area contributed by atoms with E-state index in [1.165, 1.54) is 0 Å². The highest BCUT2D eigenvalue weighted by Gasteiger charge is 2.45. The molecule has 1 N–H and O–H groups in total. The van der Waals surface area contributed by atoms with Crippen molar-refractivity contribution >= 4 is 5.97 Å². The van der Waals surface area contributed by atoms with Gasteiger partial charge in [-0.05, 0) is 33.1 Å². The molecule has 1 rings (SSSR count). The van der Waals surface area contributed by atoms with E-state index in [0.29, 0.717) is 6.61 Å². The molecule has 18 heavy (non-hydrogen) atoms. The second-order valence-electron chi connectivity index (χ2n) is 5.29. The maximum absolute atomic E-state index is 11.5. The summed E-state index contributed by atoms with van der Waals surface area (Å²) in [5.74, 6) is -0.325. The lowest BCUT2D eigenvalue weighted by molar-refractivity contribution is -0.151. The van der Waals surface area contributed by atoms with E-state index in [0.717, 1.165) is 19.3 Å². The Hall–Kier alpha value is -0.610. The predicted molar refractivity (Wildman–Crippen MR) is 69.2 cm³/mol. The van der Waals surface area contributed by atoms with E-state index in [2.05, 4.69) is 13.8 Å². The van der Waals surface area contributed by atoms with E-state index in [1.54, 1.807) is 13.8 Å². The van der Waals surface area contributed by atoms with Crippen LogP contribution in [0.2, 0.25) is 0 Å². The van der Waals surface area contributed by atoms with E-state index < -0.39 is 5.60 Å². The van der Waals surface area contributed by atoms with Crippen LogP contribution < -0.4 is 0 Å². The molecule has 1 aliphatic heterocycles. The molecular formula is C14H26O4. The molecule has 106 valence electrons. The highest BCUT2D eigenvalue weighted by molar-refractivity contribution is 5.70. The van der Waals surface area contributed by atoms with Gasteiger partial charge in [0.1, 0.15) is 0 Å². The summed E-state index contributed by atoms with van der Waals surface area (Å²) < 4.78 is 10.8. The van der Waals surface area contributed by atoms with Gasteiger partial charge in [0.25, 0.3) is 0 Å². The number of hydrogen-bond acceptors (Lipinski definition) is 4. The van der Waals surface area contributed by atoms with Gasteiger partial charge < -0.3 is 14.6 Å². The maximum atomic E-state index is 11.5. The van der Waals surface area contributed by atoms with Crippen LogP contribution in [0.4, 0.5) is 0 Å². The molecule has 1 heterocycles. The summed E-state index contributed by atoms with van der Waals surface area (Å²) in [5, 5.41) is 10.5. The summed E-state index contributed by atoms with van der Waals surface area (Å²) >= 11 is 0. The third-order valence-corrected chi connectivity index (χ3v) is 3.80. The van der Waals surface area contributed by atoms with Crippen LogP contribution in [-0.4, -0.2) is 35.5 Å². The van der Waals surface area contributed by atoms with Crippen molar-refractivity contribution < 1.29 is 19.4 Å². The fourth-order valence-corrected chi connectivity index (χ4v) is 2.77. The first kappa shape index (κ1) is 15.4. The van der Waals surface area contributed by atoms with Crippen molar-refractivity contribution in [2.24, 2.45) is 5.92 Å². The van der Waals surface area contributed by atoms with E-state index >= 15 is 0 Å². The first-order valence-corrected chi connectivity index (χ1v) is 6.98. The van der Waals surface area contributed by atoms with Crippen LogP contribution in [0.25, 0.3) is 0 Å². The number of esters is 1. The van der Waals surface area contributed by atoms with Gasteiger partial charge in [-0.1, -0.05) is 13.8 Å². The van der Waals surface area contributed by atoms with Crippen molar-refractivity contribution in [2.45, 2.75) is 71.2 Å². The fraction of sp³-hybridized carbons (Fsp3) is 0.929. The molecule has 0 spiro atoms. The minimum Gasteiger partial charge on any atom is -0.466 e. The molecule has 4 unspecified atom stereocenters. The molecule has 0 bridgehead atoms. The Morgan fingerprint density at radius 2 is 2.06 bits per heavy atom. The Morgan fingerprint density at radius 1 is 1.39 bits per heavy atom. The van der Waals surface area contributed by atoms with Gasteiger partial charge in [-0.3, -0.25) is 4.79 Å². The summed E-state index contributed by atoms with van der Waals surface area (Å²) in [6.45, 7) is 7.98. The Bertz CT molecular complexity index is 275. The lowest BCUT2D eigenvalue weighted by Gasteiger charge is -2.32. The fourth-order valence-electron chi connectivity index (χ4n) is 2.77. The van der Waals surface area contributed by atoms with E-state index in [9.17, 15) is 9.90 Å². The van der Waals surface area contributed by atoms with Crippen LogP contribution in [-0.2, 0) is 14.3 Å². The van der Waals surface area contributed by atoms with Crippen LogP contribution in [0, 0.1) is 5.92 Å². The Labute approximate surface area is 110 Å². The van der Waals surface area contributed by atoms with Crippen molar-refractivity contribution in [3.63, 3.8) is 0 Å². The zero-order valence-electron chi connectivity index (χ0n) is 11.9. The minimum absolute atomic E-state index is 0.0110. The monoisotopic (exact) mass is 258 g/mol. The summed E-state index contributed by atoms with van der Waals surface area (Å²) in [6.07, 6.45) is 2.92. The smallest absolute Gasteiger partial charge is 0.308 e. The molecule has 0 aliphatic carbocycles. The van der Waals surface area contributed by atoms with Gasteiger partial charge in [0, 0.05) is 5.92 Å². The normalized spacial score (nSPS) is 31.1. The van der Waals surface area contributed by atoms with Gasteiger partial charge in [0.2, 0.25) is 0 Å². The average Bonchev–Trinajstić information content (AvgIpc) is 2.72. The summed E-state index contributed by atoms with van der Waals surface area (Å²) in [6, 6.07) is 0. The van der Waals surface area contributed by atoms with Gasteiger partial charge in [-0.15, -0.1) is 0 Å². The number of carbonyl (C=O) groups excluding carboxylic acids is 1. The molecule has 1 fully saturated rings. The van der Waals surface area contributed by atoms with Gasteiger partial charge in [0.05, 0.1) is 30.8 Å². The number of hydrogen-bond donors (Lipinski definition) is 1. The van der Waals surface area contributed by atoms with E-state index in [-0.39, 0.29) is 30.5 Å². The molecule has 0 aromatic rings. The number of aliphatic hydroxyl groups is 1. The zero-order chi connectivity index (χ0) is 13.8. The Morgan fingerprint density at radius 3 is 2.56 bits per heavy atom. The van der Waals surface area contributed by atoms with Crippen molar-refractivity contribution in [1.82, 2.24) is 0 Å². The Balaban J connectivity index is 2.67. The average molecular weight is 258 g/mol. The molecule has 0 aromatic carbocycles. The predicted octanol–water partition coefficient (Wildman–Crippen LogP) is 2.28. The molecule has 4 heteroatoms. The van der Waals surface area contributed by atoms with Crippen LogP contribution >= 0.6 is 0 Å².